The molecule has 0 bridgehead atoms. The molecule has 0 aromatic rings. The first kappa shape index (κ1) is 15.6. The molecule has 4 rings (SSSR count). The molecular formula is C20H28O3. The molecular weight excluding hydrogens is 288 g/mol. The van der Waals surface area contributed by atoms with Crippen molar-refractivity contribution in [2.45, 2.75) is 65.4 Å². The minimum Gasteiger partial charge on any atom is -0.393 e. The topological polar surface area (TPSA) is 54.4 Å². The van der Waals surface area contributed by atoms with Gasteiger partial charge in [-0.15, -0.1) is 0 Å². The SMILES string of the molecule is CC1C[C@H]2[C@@H]3CCC4=CC(=O)CC[C@]4(C)[C@@H]3C(O)C[C@]2(C)C1=O. The van der Waals surface area contributed by atoms with E-state index < -0.39 is 6.10 Å². The molecule has 4 aliphatic rings. The number of aliphatic hydroxyl groups excluding tert-OH is 1. The van der Waals surface area contributed by atoms with Crippen LogP contribution in [-0.2, 0) is 9.59 Å². The average Bonchev–Trinajstić information content (AvgIpc) is 2.71. The van der Waals surface area contributed by atoms with Crippen molar-refractivity contribution in [2.75, 3.05) is 0 Å². The number of hydrogen-bond donors (Lipinski definition) is 1. The number of carbonyl (C=O) groups excluding carboxylic acids is 2. The van der Waals surface area contributed by atoms with Crippen LogP contribution in [0.2, 0.25) is 0 Å². The fourth-order valence-electron chi connectivity index (χ4n) is 6.80. The van der Waals surface area contributed by atoms with E-state index in [2.05, 4.69) is 20.8 Å². The van der Waals surface area contributed by atoms with Gasteiger partial charge in [-0.2, -0.15) is 0 Å². The Bertz CT molecular complexity index is 606. The van der Waals surface area contributed by atoms with Crippen molar-refractivity contribution >= 4 is 11.6 Å². The zero-order valence-corrected chi connectivity index (χ0v) is 14.5. The third-order valence-electron chi connectivity index (χ3n) is 7.90. The van der Waals surface area contributed by atoms with Crippen molar-refractivity contribution in [1.29, 1.82) is 0 Å². The first-order valence-corrected chi connectivity index (χ1v) is 9.23. The predicted molar refractivity (Wildman–Crippen MR) is 87.7 cm³/mol. The van der Waals surface area contributed by atoms with Gasteiger partial charge in [-0.25, -0.2) is 0 Å². The molecule has 0 saturated heterocycles. The minimum absolute atomic E-state index is 0.0492. The molecule has 0 aromatic carbocycles. The lowest BCUT2D eigenvalue weighted by Gasteiger charge is -2.58. The average molecular weight is 316 g/mol. The van der Waals surface area contributed by atoms with Crippen LogP contribution in [0.15, 0.2) is 11.6 Å². The Hall–Kier alpha value is -0.960. The third kappa shape index (κ3) is 1.92. The zero-order chi connectivity index (χ0) is 16.6. The monoisotopic (exact) mass is 316 g/mol. The summed E-state index contributed by atoms with van der Waals surface area (Å²) in [5.41, 5.74) is 0.879. The van der Waals surface area contributed by atoms with Crippen LogP contribution in [0.1, 0.15) is 59.3 Å². The van der Waals surface area contributed by atoms with E-state index in [0.717, 1.165) is 25.7 Å². The molecule has 3 fully saturated rings. The first-order chi connectivity index (χ1) is 10.8. The minimum atomic E-state index is -0.419. The Balaban J connectivity index is 1.76. The molecule has 2 unspecified atom stereocenters. The number of Topliss-reactive ketones (excluding diaryl/α,β-unsaturated/α-hetero) is 1. The van der Waals surface area contributed by atoms with Crippen LogP contribution in [0.5, 0.6) is 0 Å². The summed E-state index contributed by atoms with van der Waals surface area (Å²) in [6, 6.07) is 0. The molecule has 3 nitrogen and oxygen atoms in total. The second-order valence-electron chi connectivity index (χ2n) is 9.08. The van der Waals surface area contributed by atoms with Crippen LogP contribution in [0.3, 0.4) is 0 Å². The summed E-state index contributed by atoms with van der Waals surface area (Å²) in [5, 5.41) is 11.0. The van der Waals surface area contributed by atoms with E-state index in [-0.39, 0.29) is 28.4 Å². The number of allylic oxidation sites excluding steroid dienone is 1. The molecule has 23 heavy (non-hydrogen) atoms. The van der Waals surface area contributed by atoms with Crippen LogP contribution in [-0.4, -0.2) is 22.8 Å². The molecule has 0 radical (unpaired) electrons. The van der Waals surface area contributed by atoms with E-state index >= 15 is 0 Å². The molecule has 0 amide bonds. The second-order valence-corrected chi connectivity index (χ2v) is 9.08. The summed E-state index contributed by atoms with van der Waals surface area (Å²) in [4.78, 5) is 24.6. The summed E-state index contributed by atoms with van der Waals surface area (Å²) in [7, 11) is 0. The Morgan fingerprint density at radius 1 is 1.17 bits per heavy atom. The highest BCUT2D eigenvalue weighted by molar-refractivity contribution is 5.92. The molecule has 0 heterocycles. The van der Waals surface area contributed by atoms with Gasteiger partial charge in [0.1, 0.15) is 5.78 Å². The zero-order valence-electron chi connectivity index (χ0n) is 14.5. The standard InChI is InChI=1S/C20H28O3/c1-11-8-15-14-5-4-12-9-13(21)6-7-19(12,2)17(14)16(22)10-20(15,3)18(11)23/h9,11,14-17,22H,4-8,10H2,1-3H3/t11?,14-,15-,16?,17-,19-,20-/m0/s1. The van der Waals surface area contributed by atoms with Gasteiger partial charge in [0, 0.05) is 17.8 Å². The second kappa shape index (κ2) is 4.78. The normalized spacial score (nSPS) is 52.5. The molecule has 7 atom stereocenters. The highest BCUT2D eigenvalue weighted by Gasteiger charge is 2.63. The van der Waals surface area contributed by atoms with Gasteiger partial charge in [0.25, 0.3) is 0 Å². The van der Waals surface area contributed by atoms with Crippen molar-refractivity contribution in [3.8, 4) is 0 Å². The third-order valence-corrected chi connectivity index (χ3v) is 7.90. The van der Waals surface area contributed by atoms with Crippen molar-refractivity contribution in [2.24, 2.45) is 34.5 Å². The molecule has 0 aliphatic heterocycles. The lowest BCUT2D eigenvalue weighted by molar-refractivity contribution is -0.147. The summed E-state index contributed by atoms with van der Waals surface area (Å²) in [5.74, 6) is 1.80. The Kier molecular flexibility index (Phi) is 3.23. The Morgan fingerprint density at radius 3 is 2.65 bits per heavy atom. The van der Waals surface area contributed by atoms with Crippen LogP contribution < -0.4 is 0 Å². The lowest BCUT2D eigenvalue weighted by atomic mass is 9.46. The van der Waals surface area contributed by atoms with Crippen LogP contribution in [0.25, 0.3) is 0 Å². The number of hydrogen-bond acceptors (Lipinski definition) is 3. The van der Waals surface area contributed by atoms with Crippen molar-refractivity contribution in [3.63, 3.8) is 0 Å². The van der Waals surface area contributed by atoms with E-state index in [1.165, 1.54) is 5.57 Å². The fraction of sp³-hybridized carbons (Fsp3) is 0.800. The number of carbonyl (C=O) groups is 2. The van der Waals surface area contributed by atoms with E-state index in [1.54, 1.807) is 0 Å². The van der Waals surface area contributed by atoms with Crippen LogP contribution in [0, 0.1) is 34.5 Å². The molecule has 126 valence electrons. The number of fused-ring (bicyclic) bond motifs is 5. The predicted octanol–water partition coefficient (Wildman–Crippen LogP) is 3.30. The number of aliphatic hydroxyl groups is 1. The van der Waals surface area contributed by atoms with Gasteiger partial charge in [-0.1, -0.05) is 26.3 Å². The van der Waals surface area contributed by atoms with E-state index in [9.17, 15) is 14.7 Å². The van der Waals surface area contributed by atoms with Crippen molar-refractivity contribution < 1.29 is 14.7 Å². The lowest BCUT2D eigenvalue weighted by Crippen LogP contribution is -2.56. The van der Waals surface area contributed by atoms with Gasteiger partial charge in [-0.3, -0.25) is 9.59 Å². The number of rotatable bonds is 0. The molecule has 0 spiro atoms. The van der Waals surface area contributed by atoms with Gasteiger partial charge in [-0.05, 0) is 61.3 Å². The van der Waals surface area contributed by atoms with Gasteiger partial charge in [0.15, 0.2) is 5.78 Å². The largest absolute Gasteiger partial charge is 0.393 e. The van der Waals surface area contributed by atoms with Gasteiger partial charge >= 0.3 is 0 Å². The molecule has 0 aromatic heterocycles. The highest BCUT2D eigenvalue weighted by atomic mass is 16.3. The molecule has 3 saturated carbocycles. The Morgan fingerprint density at radius 2 is 1.91 bits per heavy atom. The van der Waals surface area contributed by atoms with E-state index in [0.29, 0.717) is 30.5 Å². The molecule has 1 N–H and O–H groups in total. The van der Waals surface area contributed by atoms with Gasteiger partial charge in [0.05, 0.1) is 6.10 Å². The van der Waals surface area contributed by atoms with Crippen LogP contribution >= 0.6 is 0 Å². The summed E-state index contributed by atoms with van der Waals surface area (Å²) < 4.78 is 0. The summed E-state index contributed by atoms with van der Waals surface area (Å²) in [6.07, 6.45) is 6.49. The van der Waals surface area contributed by atoms with E-state index in [4.69, 9.17) is 0 Å². The highest BCUT2D eigenvalue weighted by Crippen LogP contribution is 2.65. The fourth-order valence-corrected chi connectivity index (χ4v) is 6.80. The maximum Gasteiger partial charge on any atom is 0.155 e. The molecule has 4 aliphatic carbocycles. The first-order valence-electron chi connectivity index (χ1n) is 9.23. The van der Waals surface area contributed by atoms with Crippen molar-refractivity contribution in [1.82, 2.24) is 0 Å². The summed E-state index contributed by atoms with van der Waals surface area (Å²) in [6.45, 7) is 6.41. The summed E-state index contributed by atoms with van der Waals surface area (Å²) >= 11 is 0. The van der Waals surface area contributed by atoms with Crippen LogP contribution in [0.4, 0.5) is 0 Å². The Labute approximate surface area is 138 Å². The maximum absolute atomic E-state index is 12.7. The quantitative estimate of drug-likeness (QED) is 0.746. The van der Waals surface area contributed by atoms with Gasteiger partial charge in [0.2, 0.25) is 0 Å². The van der Waals surface area contributed by atoms with Gasteiger partial charge < -0.3 is 5.11 Å². The maximum atomic E-state index is 12.7. The smallest absolute Gasteiger partial charge is 0.155 e. The van der Waals surface area contributed by atoms with E-state index in [1.807, 2.05) is 6.08 Å². The number of ketones is 2. The van der Waals surface area contributed by atoms with Crippen molar-refractivity contribution in [3.05, 3.63) is 11.6 Å². The molecule has 3 heteroatoms.